The van der Waals surface area contributed by atoms with Crippen molar-refractivity contribution in [2.24, 2.45) is 0 Å². The summed E-state index contributed by atoms with van der Waals surface area (Å²) in [5.74, 6) is 0.0346. The van der Waals surface area contributed by atoms with Gasteiger partial charge in [-0.3, -0.25) is 10.1 Å². The van der Waals surface area contributed by atoms with Crippen molar-refractivity contribution in [2.75, 3.05) is 0 Å². The minimum Gasteiger partial charge on any atom is -0.348 e. The molecule has 3 N–H and O–H groups in total. The molecule has 2 aromatic rings. The van der Waals surface area contributed by atoms with Crippen molar-refractivity contribution < 1.29 is 4.79 Å². The molecule has 2 aromatic heterocycles. The summed E-state index contributed by atoms with van der Waals surface area (Å²) < 4.78 is 0. The van der Waals surface area contributed by atoms with Crippen molar-refractivity contribution in [1.29, 1.82) is 0 Å². The van der Waals surface area contributed by atoms with Crippen molar-refractivity contribution in [1.82, 2.24) is 20.6 Å². The molecule has 1 aliphatic heterocycles. The number of thiophene rings is 1. The van der Waals surface area contributed by atoms with Gasteiger partial charge in [0, 0.05) is 13.0 Å². The number of fused-ring (bicyclic) bond motifs is 1. The van der Waals surface area contributed by atoms with Gasteiger partial charge in [-0.2, -0.15) is 11.3 Å². The minimum absolute atomic E-state index is 0.0346. The molecule has 2 atom stereocenters. The third-order valence-corrected chi connectivity index (χ3v) is 4.15. The van der Waals surface area contributed by atoms with E-state index in [4.69, 9.17) is 0 Å². The summed E-state index contributed by atoms with van der Waals surface area (Å²) in [6, 6.07) is 1.88. The fraction of sp³-hybridized carbons (Fsp3) is 0.385. The van der Waals surface area contributed by atoms with Crippen molar-refractivity contribution >= 4 is 17.2 Å². The van der Waals surface area contributed by atoms with E-state index >= 15 is 0 Å². The Balaban J connectivity index is 1.63. The molecule has 0 bridgehead atoms. The molecule has 1 aliphatic rings. The van der Waals surface area contributed by atoms with E-state index in [1.54, 1.807) is 17.7 Å². The van der Waals surface area contributed by atoms with E-state index in [1.807, 2.05) is 18.4 Å². The number of amides is 1. The first-order valence-electron chi connectivity index (χ1n) is 6.31. The highest BCUT2D eigenvalue weighted by molar-refractivity contribution is 7.07. The Bertz CT molecular complexity index is 563. The Morgan fingerprint density at radius 1 is 1.63 bits per heavy atom. The second-order valence-electron chi connectivity index (χ2n) is 4.75. The second kappa shape index (κ2) is 5.14. The van der Waals surface area contributed by atoms with Crippen LogP contribution in [0, 0.1) is 0 Å². The van der Waals surface area contributed by atoms with Gasteiger partial charge in [-0.25, -0.2) is 4.98 Å². The third-order valence-electron chi connectivity index (χ3n) is 3.45. The Labute approximate surface area is 115 Å². The molecule has 0 spiro atoms. The molecule has 100 valence electrons. The van der Waals surface area contributed by atoms with Crippen molar-refractivity contribution in [3.8, 4) is 0 Å². The summed E-state index contributed by atoms with van der Waals surface area (Å²) >= 11 is 1.64. The maximum atomic E-state index is 12.2. The largest absolute Gasteiger partial charge is 0.348 e. The molecule has 0 saturated carbocycles. The van der Waals surface area contributed by atoms with E-state index in [0.717, 1.165) is 17.0 Å². The van der Waals surface area contributed by atoms with Crippen molar-refractivity contribution in [3.63, 3.8) is 0 Å². The van der Waals surface area contributed by atoms with E-state index in [0.29, 0.717) is 13.0 Å². The number of H-pyrrole nitrogens is 1. The Morgan fingerprint density at radius 2 is 2.53 bits per heavy atom. The lowest BCUT2D eigenvalue weighted by atomic mass is 10.0. The number of aromatic amines is 1. The predicted octanol–water partition coefficient (Wildman–Crippen LogP) is 1.36. The molecular formula is C13H16N4OS. The number of nitrogens with one attached hydrogen (secondary N) is 3. The fourth-order valence-electron chi connectivity index (χ4n) is 2.27. The van der Waals surface area contributed by atoms with Crippen LogP contribution in [0.25, 0.3) is 0 Å². The van der Waals surface area contributed by atoms with Gasteiger partial charge in [-0.15, -0.1) is 0 Å². The van der Waals surface area contributed by atoms with Gasteiger partial charge in [0.05, 0.1) is 29.8 Å². The van der Waals surface area contributed by atoms with Gasteiger partial charge < -0.3 is 10.3 Å². The Morgan fingerprint density at radius 3 is 3.32 bits per heavy atom. The van der Waals surface area contributed by atoms with Gasteiger partial charge >= 0.3 is 0 Å². The highest BCUT2D eigenvalue weighted by Gasteiger charge is 2.26. The minimum atomic E-state index is -0.197. The van der Waals surface area contributed by atoms with Crippen LogP contribution in [-0.2, 0) is 17.8 Å². The lowest BCUT2D eigenvalue weighted by Gasteiger charge is -2.24. The van der Waals surface area contributed by atoms with Gasteiger partial charge in [0.2, 0.25) is 5.91 Å². The maximum absolute atomic E-state index is 12.2. The van der Waals surface area contributed by atoms with E-state index < -0.39 is 0 Å². The molecule has 0 aromatic carbocycles. The van der Waals surface area contributed by atoms with Crippen LogP contribution >= 0.6 is 11.3 Å². The number of hydrogen-bond acceptors (Lipinski definition) is 4. The maximum Gasteiger partial charge on any atom is 0.238 e. The summed E-state index contributed by atoms with van der Waals surface area (Å²) in [6.07, 6.45) is 2.32. The quantitative estimate of drug-likeness (QED) is 0.793. The summed E-state index contributed by atoms with van der Waals surface area (Å²) in [5.41, 5.74) is 3.21. The van der Waals surface area contributed by atoms with Crippen molar-refractivity contribution in [2.45, 2.75) is 32.0 Å². The molecule has 3 heterocycles. The number of carbonyl (C=O) groups is 1. The average Bonchev–Trinajstić information content (AvgIpc) is 3.09. The molecule has 5 nitrogen and oxygen atoms in total. The average molecular weight is 276 g/mol. The van der Waals surface area contributed by atoms with Crippen LogP contribution in [0.15, 0.2) is 23.2 Å². The van der Waals surface area contributed by atoms with Gasteiger partial charge in [0.15, 0.2) is 0 Å². The summed E-state index contributed by atoms with van der Waals surface area (Å²) in [7, 11) is 0. The highest BCUT2D eigenvalue weighted by Crippen LogP contribution is 2.17. The van der Waals surface area contributed by atoms with E-state index in [9.17, 15) is 4.79 Å². The topological polar surface area (TPSA) is 69.8 Å². The smallest absolute Gasteiger partial charge is 0.238 e. The van der Waals surface area contributed by atoms with Gasteiger partial charge in [0.25, 0.3) is 0 Å². The molecule has 6 heteroatoms. The highest BCUT2D eigenvalue weighted by atomic mass is 32.1. The van der Waals surface area contributed by atoms with E-state index in [1.165, 1.54) is 0 Å². The van der Waals surface area contributed by atoms with Crippen LogP contribution in [-0.4, -0.2) is 21.9 Å². The normalized spacial score (nSPS) is 19.7. The van der Waals surface area contributed by atoms with E-state index in [2.05, 4.69) is 26.0 Å². The molecule has 0 fully saturated rings. The van der Waals surface area contributed by atoms with Gasteiger partial charge in [-0.1, -0.05) is 0 Å². The monoisotopic (exact) mass is 276 g/mol. The van der Waals surface area contributed by atoms with Gasteiger partial charge in [-0.05, 0) is 29.3 Å². The predicted molar refractivity (Wildman–Crippen MR) is 73.8 cm³/mol. The molecule has 2 unspecified atom stereocenters. The number of rotatable bonds is 3. The number of imidazole rings is 1. The van der Waals surface area contributed by atoms with E-state index in [-0.39, 0.29) is 18.0 Å². The lowest BCUT2D eigenvalue weighted by molar-refractivity contribution is -0.124. The molecular weight excluding hydrogens is 260 g/mol. The molecule has 19 heavy (non-hydrogen) atoms. The lowest BCUT2D eigenvalue weighted by Crippen LogP contribution is -2.48. The molecule has 0 aliphatic carbocycles. The first kappa shape index (κ1) is 12.4. The summed E-state index contributed by atoms with van der Waals surface area (Å²) in [6.45, 7) is 2.67. The number of hydrogen-bond donors (Lipinski definition) is 3. The zero-order valence-electron chi connectivity index (χ0n) is 10.6. The second-order valence-corrected chi connectivity index (χ2v) is 5.53. The van der Waals surface area contributed by atoms with Crippen LogP contribution in [0.1, 0.15) is 29.9 Å². The Hall–Kier alpha value is -1.66. The van der Waals surface area contributed by atoms with Gasteiger partial charge in [0.1, 0.15) is 0 Å². The summed E-state index contributed by atoms with van der Waals surface area (Å²) in [4.78, 5) is 19.5. The first-order chi connectivity index (χ1) is 9.24. The number of aromatic nitrogens is 2. The standard InChI is InChI=1S/C13H16N4OS/c1-8(9-2-3-19-6-9)17-13(18)11-4-10-12(5-14-11)16-7-15-10/h2-3,6-8,11,14H,4-5H2,1H3,(H,15,16)(H,17,18). The molecule has 0 radical (unpaired) electrons. The third kappa shape index (κ3) is 2.54. The number of carbonyl (C=O) groups excluding carboxylic acids is 1. The molecule has 3 rings (SSSR count). The molecule has 1 amide bonds. The van der Waals surface area contributed by atoms with Crippen LogP contribution in [0.4, 0.5) is 0 Å². The summed E-state index contributed by atoms with van der Waals surface area (Å²) in [5, 5.41) is 10.4. The van der Waals surface area contributed by atoms with Crippen LogP contribution in [0.2, 0.25) is 0 Å². The van der Waals surface area contributed by atoms with Crippen LogP contribution < -0.4 is 10.6 Å². The zero-order chi connectivity index (χ0) is 13.2. The fourth-order valence-corrected chi connectivity index (χ4v) is 3.03. The zero-order valence-corrected chi connectivity index (χ0v) is 11.5. The SMILES string of the molecule is CC(NC(=O)C1Cc2nc[nH]c2CN1)c1ccsc1. The van der Waals surface area contributed by atoms with Crippen LogP contribution in [0.3, 0.4) is 0 Å². The molecule has 0 saturated heterocycles. The van der Waals surface area contributed by atoms with Crippen LogP contribution in [0.5, 0.6) is 0 Å². The first-order valence-corrected chi connectivity index (χ1v) is 7.25. The number of nitrogens with zero attached hydrogens (tertiary/aromatic N) is 1. The van der Waals surface area contributed by atoms with Crippen molar-refractivity contribution in [3.05, 3.63) is 40.1 Å². The Kier molecular flexibility index (Phi) is 3.35.